The number of para-hydroxylation sites is 1. The number of nitrogens with zero attached hydrogens (tertiary/aromatic N) is 1. The molecule has 2 aromatic rings. The maximum Gasteiger partial charge on any atom is 0.316 e. The molecule has 0 N–H and O–H groups in total. The van der Waals surface area contributed by atoms with E-state index in [2.05, 4.69) is 6.92 Å². The summed E-state index contributed by atoms with van der Waals surface area (Å²) in [6.45, 7) is 6.37. The normalized spacial score (nSPS) is 17.0. The third kappa shape index (κ3) is 3.73. The summed E-state index contributed by atoms with van der Waals surface area (Å²) in [4.78, 5) is 26.7. The molecule has 0 unspecified atom stereocenters. The number of benzene rings is 2. The topological polar surface area (TPSA) is 46.6 Å². The first kappa shape index (κ1) is 17.2. The third-order valence-electron chi connectivity index (χ3n) is 4.54. The number of amides is 1. The Kier molecular flexibility index (Phi) is 4.88. The second kappa shape index (κ2) is 7.09. The Morgan fingerprint density at radius 1 is 1.16 bits per heavy atom. The maximum atomic E-state index is 12.5. The summed E-state index contributed by atoms with van der Waals surface area (Å²) in [6.07, 6.45) is 1.04. The lowest BCUT2D eigenvalue weighted by molar-refractivity contribution is -0.139. The lowest BCUT2D eigenvalue weighted by Gasteiger charge is -2.19. The van der Waals surface area contributed by atoms with Crippen LogP contribution in [0.25, 0.3) is 0 Å². The minimum absolute atomic E-state index is 0.0247. The molecule has 1 saturated heterocycles. The summed E-state index contributed by atoms with van der Waals surface area (Å²) in [6, 6.07) is 13.5. The zero-order chi connectivity index (χ0) is 18.0. The van der Waals surface area contributed by atoms with Crippen molar-refractivity contribution in [2.45, 2.75) is 33.6 Å². The first-order valence-electron chi connectivity index (χ1n) is 8.66. The molecule has 25 heavy (non-hydrogen) atoms. The summed E-state index contributed by atoms with van der Waals surface area (Å²) in [7, 11) is 0. The number of hydrogen-bond acceptors (Lipinski definition) is 3. The van der Waals surface area contributed by atoms with Crippen LogP contribution in [0.2, 0.25) is 0 Å². The number of aryl methyl sites for hydroxylation is 3. The molecule has 0 aliphatic carbocycles. The molecule has 0 aromatic heterocycles. The van der Waals surface area contributed by atoms with Gasteiger partial charge in [0, 0.05) is 18.7 Å². The van der Waals surface area contributed by atoms with Crippen molar-refractivity contribution >= 4 is 17.6 Å². The molecule has 3 rings (SSSR count). The van der Waals surface area contributed by atoms with Crippen molar-refractivity contribution in [1.29, 1.82) is 0 Å². The Morgan fingerprint density at radius 2 is 1.84 bits per heavy atom. The highest BCUT2D eigenvalue weighted by atomic mass is 16.5. The predicted octanol–water partition coefficient (Wildman–Crippen LogP) is 3.82. The van der Waals surface area contributed by atoms with Gasteiger partial charge in [-0.15, -0.1) is 0 Å². The van der Waals surface area contributed by atoms with Crippen LogP contribution in [0.4, 0.5) is 5.69 Å². The van der Waals surface area contributed by atoms with Crippen molar-refractivity contribution in [1.82, 2.24) is 0 Å². The first-order valence-corrected chi connectivity index (χ1v) is 8.66. The van der Waals surface area contributed by atoms with Gasteiger partial charge in [0.05, 0.1) is 5.92 Å². The molecular weight excluding hydrogens is 314 g/mol. The van der Waals surface area contributed by atoms with Gasteiger partial charge in [0.1, 0.15) is 5.75 Å². The van der Waals surface area contributed by atoms with Gasteiger partial charge in [0.25, 0.3) is 0 Å². The van der Waals surface area contributed by atoms with Gasteiger partial charge in [-0.05, 0) is 55.2 Å². The van der Waals surface area contributed by atoms with Crippen LogP contribution >= 0.6 is 0 Å². The number of ether oxygens (including phenoxy) is 1. The number of rotatable bonds is 4. The van der Waals surface area contributed by atoms with E-state index in [0.29, 0.717) is 12.3 Å². The van der Waals surface area contributed by atoms with Gasteiger partial charge in [0.15, 0.2) is 0 Å². The van der Waals surface area contributed by atoms with Gasteiger partial charge in [-0.3, -0.25) is 9.59 Å². The zero-order valence-corrected chi connectivity index (χ0v) is 14.9. The standard InChI is InChI=1S/C21H23NO3/c1-4-16-7-5-6-8-19(16)22-13-17(12-20(22)23)21(24)25-18-10-14(2)9-15(3)11-18/h5-11,17H,4,12-13H2,1-3H3/t17-/m1/s1. The van der Waals surface area contributed by atoms with Crippen LogP contribution in [-0.2, 0) is 16.0 Å². The van der Waals surface area contributed by atoms with Gasteiger partial charge >= 0.3 is 5.97 Å². The quantitative estimate of drug-likeness (QED) is 0.629. The molecule has 1 amide bonds. The SMILES string of the molecule is CCc1ccccc1N1C[C@H](C(=O)Oc2cc(C)cc(C)c2)CC1=O. The predicted molar refractivity (Wildman–Crippen MR) is 97.8 cm³/mol. The van der Waals surface area contributed by atoms with E-state index < -0.39 is 5.92 Å². The largest absolute Gasteiger partial charge is 0.426 e. The Labute approximate surface area is 148 Å². The van der Waals surface area contributed by atoms with Gasteiger partial charge in [-0.25, -0.2) is 0 Å². The van der Waals surface area contributed by atoms with Crippen LogP contribution in [-0.4, -0.2) is 18.4 Å². The van der Waals surface area contributed by atoms with Crippen LogP contribution in [0.1, 0.15) is 30.0 Å². The van der Waals surface area contributed by atoms with E-state index in [1.165, 1.54) is 0 Å². The Bertz CT molecular complexity index is 792. The number of esters is 1. The fraction of sp³-hybridized carbons (Fsp3) is 0.333. The van der Waals surface area contributed by atoms with Crippen LogP contribution in [0.15, 0.2) is 42.5 Å². The van der Waals surface area contributed by atoms with E-state index in [-0.39, 0.29) is 18.3 Å². The first-order chi connectivity index (χ1) is 12.0. The number of hydrogen-bond donors (Lipinski definition) is 0. The Morgan fingerprint density at radius 3 is 2.52 bits per heavy atom. The van der Waals surface area contributed by atoms with E-state index in [1.807, 2.05) is 56.3 Å². The summed E-state index contributed by atoms with van der Waals surface area (Å²) in [5.41, 5.74) is 4.10. The van der Waals surface area contributed by atoms with Crippen molar-refractivity contribution in [3.63, 3.8) is 0 Å². The molecule has 0 bridgehead atoms. The zero-order valence-electron chi connectivity index (χ0n) is 14.9. The molecule has 0 spiro atoms. The van der Waals surface area contributed by atoms with Crippen molar-refractivity contribution in [2.24, 2.45) is 5.92 Å². The van der Waals surface area contributed by atoms with E-state index in [1.54, 1.807) is 4.90 Å². The maximum absolute atomic E-state index is 12.5. The summed E-state index contributed by atoms with van der Waals surface area (Å²) >= 11 is 0. The minimum atomic E-state index is -0.432. The Balaban J connectivity index is 1.74. The third-order valence-corrected chi connectivity index (χ3v) is 4.54. The van der Waals surface area contributed by atoms with Gasteiger partial charge < -0.3 is 9.64 Å². The molecule has 1 aliphatic heterocycles. The van der Waals surface area contributed by atoms with E-state index in [0.717, 1.165) is 28.8 Å². The lowest BCUT2D eigenvalue weighted by Crippen LogP contribution is -2.28. The Hall–Kier alpha value is -2.62. The fourth-order valence-electron chi connectivity index (χ4n) is 3.36. The van der Waals surface area contributed by atoms with Crippen LogP contribution in [0.5, 0.6) is 5.75 Å². The highest BCUT2D eigenvalue weighted by Crippen LogP contribution is 2.29. The van der Waals surface area contributed by atoms with E-state index in [4.69, 9.17) is 4.74 Å². The molecule has 1 fully saturated rings. The molecule has 2 aromatic carbocycles. The summed E-state index contributed by atoms with van der Waals surface area (Å²) in [5, 5.41) is 0. The highest BCUT2D eigenvalue weighted by molar-refractivity contribution is 6.00. The second-order valence-electron chi connectivity index (χ2n) is 6.63. The van der Waals surface area contributed by atoms with Crippen molar-refractivity contribution in [3.05, 3.63) is 59.2 Å². The van der Waals surface area contributed by atoms with Crippen LogP contribution < -0.4 is 9.64 Å². The molecule has 0 radical (unpaired) electrons. The van der Waals surface area contributed by atoms with Gasteiger partial charge in [-0.1, -0.05) is 31.2 Å². The van der Waals surface area contributed by atoms with Gasteiger partial charge in [0.2, 0.25) is 5.91 Å². The van der Waals surface area contributed by atoms with Crippen molar-refractivity contribution in [2.75, 3.05) is 11.4 Å². The van der Waals surface area contributed by atoms with Crippen LogP contribution in [0, 0.1) is 19.8 Å². The summed E-state index contributed by atoms with van der Waals surface area (Å²) < 4.78 is 5.53. The highest BCUT2D eigenvalue weighted by Gasteiger charge is 2.37. The average Bonchev–Trinajstić information content (AvgIpc) is 2.95. The van der Waals surface area contributed by atoms with E-state index in [9.17, 15) is 9.59 Å². The van der Waals surface area contributed by atoms with Crippen LogP contribution in [0.3, 0.4) is 0 Å². The van der Waals surface area contributed by atoms with E-state index >= 15 is 0 Å². The minimum Gasteiger partial charge on any atom is -0.426 e. The molecule has 1 atom stereocenters. The molecule has 1 heterocycles. The molecule has 4 nitrogen and oxygen atoms in total. The monoisotopic (exact) mass is 337 g/mol. The molecule has 130 valence electrons. The van der Waals surface area contributed by atoms with Gasteiger partial charge in [-0.2, -0.15) is 0 Å². The van der Waals surface area contributed by atoms with Crippen molar-refractivity contribution < 1.29 is 14.3 Å². The van der Waals surface area contributed by atoms with Crippen molar-refractivity contribution in [3.8, 4) is 5.75 Å². The second-order valence-corrected chi connectivity index (χ2v) is 6.63. The number of carbonyl (C=O) groups excluding carboxylic acids is 2. The molecule has 4 heteroatoms. The fourth-order valence-corrected chi connectivity index (χ4v) is 3.36. The number of carbonyl (C=O) groups is 2. The molecule has 0 saturated carbocycles. The molecular formula is C21H23NO3. The molecule has 1 aliphatic rings. The summed E-state index contributed by atoms with van der Waals surface area (Å²) in [5.74, 6) is -0.251. The number of anilines is 1. The smallest absolute Gasteiger partial charge is 0.316 e. The lowest BCUT2D eigenvalue weighted by atomic mass is 10.1. The average molecular weight is 337 g/mol.